The van der Waals surface area contributed by atoms with E-state index in [4.69, 9.17) is 23.7 Å². The molecule has 5 atom stereocenters. The number of ether oxygens (including phenoxy) is 5. The summed E-state index contributed by atoms with van der Waals surface area (Å²) < 4.78 is 26.7. The Morgan fingerprint density at radius 1 is 1.12 bits per heavy atom. The predicted molar refractivity (Wildman–Crippen MR) is 76.5 cm³/mol. The van der Waals surface area contributed by atoms with Gasteiger partial charge in [-0.3, -0.25) is 14.4 Å². The third kappa shape index (κ3) is 3.44. The van der Waals surface area contributed by atoms with Gasteiger partial charge in [0, 0.05) is 13.8 Å². The van der Waals surface area contributed by atoms with E-state index in [0.29, 0.717) is 0 Å². The molecule has 0 saturated carbocycles. The quantitative estimate of drug-likeness (QED) is 0.668. The fraction of sp³-hybridized carbons (Fsp3) is 0.800. The predicted octanol–water partition coefficient (Wildman–Crippen LogP) is -0.322. The number of fused-ring (bicyclic) bond motifs is 1. The molecule has 9 nitrogen and oxygen atoms in total. The molecule has 24 heavy (non-hydrogen) atoms. The van der Waals surface area contributed by atoms with Gasteiger partial charge in [-0.1, -0.05) is 0 Å². The Bertz CT molecular complexity index is 543. The van der Waals surface area contributed by atoms with Crippen molar-refractivity contribution in [2.24, 2.45) is 0 Å². The van der Waals surface area contributed by atoms with Crippen LogP contribution >= 0.6 is 0 Å². The molecular formula is C15H22O9. The second-order valence-corrected chi connectivity index (χ2v) is 6.31. The van der Waals surface area contributed by atoms with Crippen molar-refractivity contribution in [1.82, 2.24) is 0 Å². The maximum absolute atomic E-state index is 12.1. The van der Waals surface area contributed by atoms with Gasteiger partial charge in [0.25, 0.3) is 0 Å². The summed E-state index contributed by atoms with van der Waals surface area (Å²) >= 11 is 0. The average molecular weight is 346 g/mol. The van der Waals surface area contributed by atoms with Crippen molar-refractivity contribution in [2.75, 3.05) is 6.61 Å². The lowest BCUT2D eigenvalue weighted by atomic mass is 9.85. The van der Waals surface area contributed by atoms with Crippen molar-refractivity contribution in [2.45, 2.75) is 70.6 Å². The van der Waals surface area contributed by atoms with E-state index in [1.165, 1.54) is 13.8 Å². The first-order valence-corrected chi connectivity index (χ1v) is 7.52. The largest absolute Gasteiger partial charge is 0.462 e. The molecule has 0 bridgehead atoms. The summed E-state index contributed by atoms with van der Waals surface area (Å²) in [6.07, 6.45) is -4.61. The number of carbonyl (C=O) groups excluding carboxylic acids is 3. The third-order valence-electron chi connectivity index (χ3n) is 3.88. The van der Waals surface area contributed by atoms with Gasteiger partial charge in [-0.2, -0.15) is 0 Å². The first kappa shape index (κ1) is 18.8. The topological polar surface area (TPSA) is 118 Å². The molecule has 2 saturated heterocycles. The highest BCUT2D eigenvalue weighted by atomic mass is 16.8. The van der Waals surface area contributed by atoms with Gasteiger partial charge >= 0.3 is 11.9 Å². The van der Waals surface area contributed by atoms with Crippen LogP contribution in [0.1, 0.15) is 34.6 Å². The molecule has 1 N–H and O–H groups in total. The molecule has 0 amide bonds. The van der Waals surface area contributed by atoms with Gasteiger partial charge in [-0.15, -0.1) is 0 Å². The molecule has 2 heterocycles. The number of aliphatic hydroxyl groups is 1. The van der Waals surface area contributed by atoms with Crippen LogP contribution < -0.4 is 0 Å². The van der Waals surface area contributed by atoms with Gasteiger partial charge in [0.15, 0.2) is 35.7 Å². The first-order chi connectivity index (χ1) is 11.0. The molecule has 2 aliphatic rings. The van der Waals surface area contributed by atoms with E-state index in [-0.39, 0.29) is 6.61 Å². The zero-order valence-corrected chi connectivity index (χ0v) is 14.2. The van der Waals surface area contributed by atoms with Gasteiger partial charge in [0.05, 0.1) is 0 Å². The lowest BCUT2D eigenvalue weighted by Gasteiger charge is -2.34. The zero-order chi connectivity index (χ0) is 18.3. The molecule has 2 aliphatic heterocycles. The minimum Gasteiger partial charge on any atom is -0.462 e. The summed E-state index contributed by atoms with van der Waals surface area (Å²) in [6.45, 7) is 6.36. The number of hydrogen-bond acceptors (Lipinski definition) is 9. The van der Waals surface area contributed by atoms with Gasteiger partial charge in [-0.05, 0) is 20.8 Å². The fourth-order valence-corrected chi connectivity index (χ4v) is 2.90. The number of ketones is 1. The SMILES string of the molecule is CC(=O)OC[C@@H](OC(C)=O)[C@H]1O[C@@H]2OC(C)(C)O[C@@H]2[C@]1(O)C(C)=O. The minimum atomic E-state index is -2.11. The molecule has 0 aromatic heterocycles. The van der Waals surface area contributed by atoms with Crippen LogP contribution in [0.3, 0.4) is 0 Å². The van der Waals surface area contributed by atoms with Crippen LogP contribution in [0, 0.1) is 0 Å². The molecule has 9 heteroatoms. The monoisotopic (exact) mass is 346 g/mol. The van der Waals surface area contributed by atoms with Gasteiger partial charge in [0.2, 0.25) is 0 Å². The van der Waals surface area contributed by atoms with Crippen LogP contribution in [0.4, 0.5) is 0 Å². The number of esters is 2. The second kappa shape index (κ2) is 6.40. The standard InChI is InChI=1S/C15H22O9/c1-7(16)15(19)11(10(21-9(3)18)6-20-8(2)17)22-13-12(15)23-14(4,5)24-13/h10-13,19H,6H2,1-5H3/t10-,11-,12+,13-,15+/m1/s1. The Labute approximate surface area is 139 Å². The lowest BCUT2D eigenvalue weighted by molar-refractivity contribution is -0.244. The molecule has 0 unspecified atom stereocenters. The average Bonchev–Trinajstić information content (AvgIpc) is 2.87. The molecule has 0 radical (unpaired) electrons. The van der Waals surface area contributed by atoms with Crippen molar-refractivity contribution in [3.8, 4) is 0 Å². The number of Topliss-reactive ketones (excluding diaryl/α,β-unsaturated/α-hetero) is 1. The maximum atomic E-state index is 12.1. The van der Waals surface area contributed by atoms with E-state index in [1.807, 2.05) is 0 Å². The molecule has 0 aromatic carbocycles. The van der Waals surface area contributed by atoms with Crippen LogP contribution in [0.5, 0.6) is 0 Å². The number of hydrogen-bond donors (Lipinski definition) is 1. The highest BCUT2D eigenvalue weighted by Crippen LogP contribution is 2.45. The summed E-state index contributed by atoms with van der Waals surface area (Å²) in [4.78, 5) is 34.5. The van der Waals surface area contributed by atoms with E-state index < -0.39 is 53.7 Å². The summed E-state index contributed by atoms with van der Waals surface area (Å²) in [5, 5.41) is 11.0. The Morgan fingerprint density at radius 2 is 1.75 bits per heavy atom. The van der Waals surface area contributed by atoms with Crippen molar-refractivity contribution in [1.29, 1.82) is 0 Å². The smallest absolute Gasteiger partial charge is 0.303 e. The van der Waals surface area contributed by atoms with E-state index >= 15 is 0 Å². The molecule has 0 aliphatic carbocycles. The highest BCUT2D eigenvalue weighted by molar-refractivity contribution is 5.87. The van der Waals surface area contributed by atoms with Crippen molar-refractivity contribution >= 4 is 17.7 Å². The Kier molecular flexibility index (Phi) is 5.01. The fourth-order valence-electron chi connectivity index (χ4n) is 2.90. The molecule has 2 rings (SSSR count). The first-order valence-electron chi connectivity index (χ1n) is 7.52. The molecule has 0 spiro atoms. The van der Waals surface area contributed by atoms with Crippen LogP contribution in [0.15, 0.2) is 0 Å². The van der Waals surface area contributed by atoms with Crippen LogP contribution in [-0.4, -0.2) is 65.4 Å². The van der Waals surface area contributed by atoms with E-state index in [9.17, 15) is 19.5 Å². The van der Waals surface area contributed by atoms with E-state index in [1.54, 1.807) is 13.8 Å². The van der Waals surface area contributed by atoms with Crippen molar-refractivity contribution in [3.05, 3.63) is 0 Å². The van der Waals surface area contributed by atoms with E-state index in [2.05, 4.69) is 0 Å². The summed E-state index contributed by atoms with van der Waals surface area (Å²) in [5.41, 5.74) is -2.11. The minimum absolute atomic E-state index is 0.377. The number of carbonyl (C=O) groups is 3. The van der Waals surface area contributed by atoms with Crippen LogP contribution in [0.25, 0.3) is 0 Å². The molecule has 136 valence electrons. The van der Waals surface area contributed by atoms with Gasteiger partial charge in [-0.25, -0.2) is 0 Å². The normalized spacial score (nSPS) is 35.2. The molecular weight excluding hydrogens is 324 g/mol. The molecule has 2 fully saturated rings. The Hall–Kier alpha value is -1.55. The summed E-state index contributed by atoms with van der Waals surface area (Å²) in [6, 6.07) is 0. The van der Waals surface area contributed by atoms with Gasteiger partial charge < -0.3 is 28.8 Å². The Balaban J connectivity index is 2.30. The molecule has 0 aromatic rings. The summed E-state index contributed by atoms with van der Waals surface area (Å²) in [5.74, 6) is -2.97. The van der Waals surface area contributed by atoms with Crippen molar-refractivity contribution < 1.29 is 43.2 Å². The second-order valence-electron chi connectivity index (χ2n) is 6.31. The maximum Gasteiger partial charge on any atom is 0.303 e. The van der Waals surface area contributed by atoms with E-state index in [0.717, 1.165) is 6.92 Å². The van der Waals surface area contributed by atoms with Crippen LogP contribution in [-0.2, 0) is 38.1 Å². The third-order valence-corrected chi connectivity index (χ3v) is 3.88. The van der Waals surface area contributed by atoms with Gasteiger partial charge in [0.1, 0.15) is 12.7 Å². The lowest BCUT2D eigenvalue weighted by Crippen LogP contribution is -2.59. The Morgan fingerprint density at radius 3 is 2.25 bits per heavy atom. The number of rotatable bonds is 5. The highest BCUT2D eigenvalue weighted by Gasteiger charge is 2.67. The van der Waals surface area contributed by atoms with Crippen LogP contribution in [0.2, 0.25) is 0 Å². The zero-order valence-electron chi connectivity index (χ0n) is 14.2. The summed E-state index contributed by atoms with van der Waals surface area (Å²) in [7, 11) is 0. The van der Waals surface area contributed by atoms with Crippen molar-refractivity contribution in [3.63, 3.8) is 0 Å².